The Bertz CT molecular complexity index is 2180. The molecule has 1 fully saturated rings. The Balaban J connectivity index is 0.00000295. The number of esters is 1. The first kappa shape index (κ1) is 41.8. The van der Waals surface area contributed by atoms with Crippen LogP contribution < -0.4 is 5.56 Å². The molecular weight excluding hydrogens is 724 g/mol. The van der Waals surface area contributed by atoms with Crippen molar-refractivity contribution >= 4 is 22.8 Å². The van der Waals surface area contributed by atoms with Crippen molar-refractivity contribution in [2.45, 2.75) is 84.7 Å². The fourth-order valence-electron chi connectivity index (χ4n) is 7.18. The molecule has 1 amide bonds. The number of hydrogen-bond donors (Lipinski definition) is 0. The summed E-state index contributed by atoms with van der Waals surface area (Å²) in [4.78, 5) is 48.3. The number of halogens is 4. The van der Waals surface area contributed by atoms with Crippen LogP contribution in [0.1, 0.15) is 61.7 Å². The number of piperidine rings is 1. The van der Waals surface area contributed by atoms with Crippen LogP contribution in [0.3, 0.4) is 0 Å². The number of nitrogens with zero attached hydrogens (tertiary/aromatic N) is 4. The summed E-state index contributed by atoms with van der Waals surface area (Å²) in [5.74, 6) is -0.479. The summed E-state index contributed by atoms with van der Waals surface area (Å²) in [5, 5.41) is 0.367. The van der Waals surface area contributed by atoms with Gasteiger partial charge in [-0.2, -0.15) is 18.2 Å². The van der Waals surface area contributed by atoms with Crippen molar-refractivity contribution in [2.24, 2.45) is 0 Å². The summed E-state index contributed by atoms with van der Waals surface area (Å²) in [6.07, 6.45) is -2.73. The third-order valence-corrected chi connectivity index (χ3v) is 10.4. The molecule has 0 aliphatic carbocycles. The molecular formula is C44H48F4N4O4. The molecule has 1 atom stereocenters. The van der Waals surface area contributed by atoms with Crippen molar-refractivity contribution < 1.29 is 31.9 Å². The number of likely N-dealkylation sites (tertiary alicyclic amines) is 1. The highest BCUT2D eigenvalue weighted by molar-refractivity contribution is 5.82. The first-order valence-electron chi connectivity index (χ1n) is 18.9. The van der Waals surface area contributed by atoms with Crippen LogP contribution in [0.5, 0.6) is 0 Å². The Morgan fingerprint density at radius 1 is 0.893 bits per heavy atom. The Kier molecular flexibility index (Phi) is 13.8. The zero-order valence-corrected chi connectivity index (χ0v) is 32.4. The molecule has 1 unspecified atom stereocenters. The molecule has 12 heteroatoms. The molecule has 0 radical (unpaired) electrons. The van der Waals surface area contributed by atoms with E-state index in [1.807, 2.05) is 47.9 Å². The number of benzene rings is 4. The number of aromatic nitrogens is 2. The maximum Gasteiger partial charge on any atom is 0.416 e. The van der Waals surface area contributed by atoms with Crippen LogP contribution in [-0.2, 0) is 46.4 Å². The monoisotopic (exact) mass is 772 g/mol. The lowest BCUT2D eigenvalue weighted by Gasteiger charge is -2.40. The van der Waals surface area contributed by atoms with Gasteiger partial charge in [-0.25, -0.2) is 4.39 Å². The lowest BCUT2D eigenvalue weighted by atomic mass is 9.99. The molecule has 0 saturated carbocycles. The van der Waals surface area contributed by atoms with E-state index in [1.165, 1.54) is 19.2 Å². The highest BCUT2D eigenvalue weighted by Gasteiger charge is 2.33. The first-order valence-corrected chi connectivity index (χ1v) is 18.9. The maximum atomic E-state index is 15.0. The molecule has 8 nitrogen and oxygen atoms in total. The molecule has 5 aromatic rings. The number of para-hydroxylation sites is 1. The van der Waals surface area contributed by atoms with Gasteiger partial charge in [-0.1, -0.05) is 80.6 Å². The number of ether oxygens (including phenoxy) is 1. The minimum absolute atomic E-state index is 0.123. The van der Waals surface area contributed by atoms with Gasteiger partial charge in [-0.05, 0) is 85.2 Å². The second-order valence-corrected chi connectivity index (χ2v) is 13.7. The van der Waals surface area contributed by atoms with Gasteiger partial charge in [0.25, 0.3) is 5.56 Å². The number of alkyl halides is 3. The second kappa shape index (κ2) is 18.5. The standard InChI is InChI=1S/C42H42F4N4O4.C2H6/c1-27-7-6-8-32(39(27)43)17-20-37-47-40(52)35-9-4-5-10-36(35)50(37)26-38(51)49(34-21-23-48(24-22-34)28(2)41(53)54-3)25-29-11-13-30(14-12-29)31-15-18-33(19-16-31)42(44,45)46;1-2/h4-16,18-19,28,34H,17,20-26H2,1-3H3;1-2H3. The number of aryl methyl sites for hydroxylation is 3. The molecule has 56 heavy (non-hydrogen) atoms. The van der Waals surface area contributed by atoms with Crippen LogP contribution in [-0.4, -0.2) is 63.5 Å². The van der Waals surface area contributed by atoms with Gasteiger partial charge >= 0.3 is 12.1 Å². The zero-order valence-electron chi connectivity index (χ0n) is 32.4. The number of methoxy groups -OCH3 is 1. The van der Waals surface area contributed by atoms with E-state index >= 15 is 0 Å². The summed E-state index contributed by atoms with van der Waals surface area (Å²) in [6.45, 7) is 8.74. The van der Waals surface area contributed by atoms with Crippen LogP contribution in [0.4, 0.5) is 17.6 Å². The largest absolute Gasteiger partial charge is 0.468 e. The van der Waals surface area contributed by atoms with Gasteiger partial charge in [0.15, 0.2) is 0 Å². The van der Waals surface area contributed by atoms with Crippen LogP contribution >= 0.6 is 0 Å². The van der Waals surface area contributed by atoms with Crippen molar-refractivity contribution in [2.75, 3.05) is 20.2 Å². The molecule has 6 rings (SSSR count). The van der Waals surface area contributed by atoms with Crippen LogP contribution in [0.15, 0.2) is 95.8 Å². The fourth-order valence-corrected chi connectivity index (χ4v) is 7.18. The van der Waals surface area contributed by atoms with Crippen LogP contribution in [0, 0.1) is 12.7 Å². The van der Waals surface area contributed by atoms with Gasteiger partial charge in [0.05, 0.1) is 23.6 Å². The number of carbonyl (C=O) groups is 2. The van der Waals surface area contributed by atoms with Gasteiger partial charge < -0.3 is 14.2 Å². The molecule has 1 aromatic heterocycles. The van der Waals surface area contributed by atoms with Gasteiger partial charge in [0, 0.05) is 32.1 Å². The fraction of sp³-hybridized carbons (Fsp3) is 0.364. The molecule has 296 valence electrons. The molecule has 1 saturated heterocycles. The predicted molar refractivity (Wildman–Crippen MR) is 209 cm³/mol. The van der Waals surface area contributed by atoms with E-state index in [0.717, 1.165) is 23.3 Å². The number of fused-ring (bicyclic) bond motifs is 1. The van der Waals surface area contributed by atoms with E-state index in [-0.39, 0.29) is 49.7 Å². The SMILES string of the molecule is CC.COC(=O)C(C)N1CCC(N(Cc2ccc(-c3ccc(C(F)(F)F)cc3)cc2)C(=O)Cn2c(CCc3cccc(C)c3F)nc(=O)c3ccccc32)CC1. The Hall–Kier alpha value is -5.36. The van der Waals surface area contributed by atoms with Gasteiger partial charge in [-0.3, -0.25) is 19.3 Å². The number of amides is 1. The van der Waals surface area contributed by atoms with E-state index in [2.05, 4.69) is 4.98 Å². The average Bonchev–Trinajstić information content (AvgIpc) is 3.22. The van der Waals surface area contributed by atoms with E-state index in [1.54, 1.807) is 60.9 Å². The van der Waals surface area contributed by atoms with Crippen molar-refractivity contribution in [3.63, 3.8) is 0 Å². The molecule has 1 aliphatic heterocycles. The Labute approximate surface area is 324 Å². The predicted octanol–water partition coefficient (Wildman–Crippen LogP) is 8.40. The lowest BCUT2D eigenvalue weighted by molar-refractivity contribution is -0.147. The third-order valence-electron chi connectivity index (χ3n) is 10.4. The highest BCUT2D eigenvalue weighted by atomic mass is 19.4. The van der Waals surface area contributed by atoms with Crippen molar-refractivity contribution in [3.8, 4) is 11.1 Å². The number of rotatable bonds is 11. The molecule has 1 aliphatic rings. The summed E-state index contributed by atoms with van der Waals surface area (Å²) >= 11 is 0. The minimum Gasteiger partial charge on any atom is -0.468 e. The zero-order chi connectivity index (χ0) is 40.6. The highest BCUT2D eigenvalue weighted by Crippen LogP contribution is 2.31. The van der Waals surface area contributed by atoms with Crippen molar-refractivity contribution in [3.05, 3.63) is 135 Å². The third kappa shape index (κ3) is 9.71. The number of carbonyl (C=O) groups excluding carboxylic acids is 2. The van der Waals surface area contributed by atoms with Gasteiger partial charge in [0.1, 0.15) is 24.2 Å². The van der Waals surface area contributed by atoms with E-state index in [9.17, 15) is 31.9 Å². The van der Waals surface area contributed by atoms with Gasteiger partial charge in [0.2, 0.25) is 5.91 Å². The lowest BCUT2D eigenvalue weighted by Crippen LogP contribution is -2.51. The normalized spacial score (nSPS) is 14.2. The number of hydrogen-bond acceptors (Lipinski definition) is 6. The van der Waals surface area contributed by atoms with E-state index < -0.39 is 23.3 Å². The van der Waals surface area contributed by atoms with Crippen molar-refractivity contribution in [1.82, 2.24) is 19.4 Å². The Morgan fingerprint density at radius 3 is 2.14 bits per heavy atom. The minimum atomic E-state index is -4.43. The molecule has 2 heterocycles. The van der Waals surface area contributed by atoms with Crippen LogP contribution in [0.2, 0.25) is 0 Å². The molecule has 0 spiro atoms. The average molecular weight is 773 g/mol. The van der Waals surface area contributed by atoms with Crippen molar-refractivity contribution in [1.29, 1.82) is 0 Å². The van der Waals surface area contributed by atoms with E-state index in [4.69, 9.17) is 4.74 Å². The summed E-state index contributed by atoms with van der Waals surface area (Å²) < 4.78 is 61.1. The maximum absolute atomic E-state index is 15.0. The Morgan fingerprint density at radius 2 is 1.52 bits per heavy atom. The molecule has 0 bridgehead atoms. The second-order valence-electron chi connectivity index (χ2n) is 13.7. The van der Waals surface area contributed by atoms with Crippen LogP contribution in [0.25, 0.3) is 22.0 Å². The topological polar surface area (TPSA) is 84.7 Å². The first-order chi connectivity index (χ1) is 26.8. The summed E-state index contributed by atoms with van der Waals surface area (Å²) in [6, 6.07) is 23.9. The smallest absolute Gasteiger partial charge is 0.416 e. The van der Waals surface area contributed by atoms with Gasteiger partial charge in [-0.15, -0.1) is 0 Å². The quantitative estimate of drug-likeness (QED) is 0.0991. The molecule has 0 N–H and O–H groups in total. The summed E-state index contributed by atoms with van der Waals surface area (Å²) in [7, 11) is 1.36. The van der Waals surface area contributed by atoms with E-state index in [0.29, 0.717) is 59.3 Å². The summed E-state index contributed by atoms with van der Waals surface area (Å²) in [5.41, 5.74) is 2.59. The molecule has 4 aromatic carbocycles.